The summed E-state index contributed by atoms with van der Waals surface area (Å²) >= 11 is 5.91. The molecule has 0 aliphatic rings. The molecule has 0 spiro atoms. The van der Waals surface area contributed by atoms with Crippen LogP contribution in [0.15, 0.2) is 18.2 Å². The highest BCUT2D eigenvalue weighted by atomic mass is 35.5. The molecule has 1 rings (SSSR count). The minimum Gasteiger partial charge on any atom is -0.453 e. The summed E-state index contributed by atoms with van der Waals surface area (Å²) in [7, 11) is 1.23. The number of carbonyl (C=O) groups excluding carboxylic acids is 2. The third-order valence-electron chi connectivity index (χ3n) is 2.03. The second-order valence-electron chi connectivity index (χ2n) is 3.36. The number of alkyl carbamates (subject to hydrolysis) is 1. The van der Waals surface area contributed by atoms with Crippen LogP contribution in [0, 0.1) is 6.92 Å². The zero-order valence-electron chi connectivity index (χ0n) is 9.54. The Bertz CT molecular complexity index is 435. The van der Waals surface area contributed by atoms with Gasteiger partial charge in [-0.2, -0.15) is 0 Å². The maximum atomic E-state index is 11.4. The van der Waals surface area contributed by atoms with Gasteiger partial charge in [0.2, 0.25) is 5.91 Å². The van der Waals surface area contributed by atoms with Crippen molar-refractivity contribution in [2.24, 2.45) is 0 Å². The van der Waals surface area contributed by atoms with Gasteiger partial charge < -0.3 is 15.4 Å². The largest absolute Gasteiger partial charge is 0.453 e. The van der Waals surface area contributed by atoms with Gasteiger partial charge in [-0.15, -0.1) is 0 Å². The Balaban J connectivity index is 2.50. The van der Waals surface area contributed by atoms with Crippen molar-refractivity contribution in [3.63, 3.8) is 0 Å². The average Bonchev–Trinajstić information content (AvgIpc) is 2.31. The highest BCUT2D eigenvalue weighted by molar-refractivity contribution is 6.31. The molecule has 0 aliphatic heterocycles. The normalized spacial score (nSPS) is 9.59. The first-order valence-electron chi connectivity index (χ1n) is 4.90. The molecule has 92 valence electrons. The first-order valence-corrected chi connectivity index (χ1v) is 5.28. The maximum Gasteiger partial charge on any atom is 0.407 e. The smallest absolute Gasteiger partial charge is 0.407 e. The first-order chi connectivity index (χ1) is 8.02. The molecule has 2 amide bonds. The molecule has 2 N–H and O–H groups in total. The molecule has 0 atom stereocenters. The number of anilines is 1. The summed E-state index contributed by atoms with van der Waals surface area (Å²) in [5.74, 6) is -0.352. The van der Waals surface area contributed by atoms with Gasteiger partial charge in [-0.3, -0.25) is 4.79 Å². The SMILES string of the molecule is COC(=O)NCC(=O)Nc1ccc(C)c(Cl)c1. The molecule has 5 nitrogen and oxygen atoms in total. The summed E-state index contributed by atoms with van der Waals surface area (Å²) < 4.78 is 4.33. The summed E-state index contributed by atoms with van der Waals surface area (Å²) in [5, 5.41) is 5.44. The lowest BCUT2D eigenvalue weighted by atomic mass is 10.2. The number of halogens is 1. The Morgan fingerprint density at radius 3 is 2.71 bits per heavy atom. The number of hydrogen-bond acceptors (Lipinski definition) is 3. The Hall–Kier alpha value is -1.75. The maximum absolute atomic E-state index is 11.4. The minimum atomic E-state index is -0.651. The van der Waals surface area contributed by atoms with Crippen LogP contribution in [-0.4, -0.2) is 25.7 Å². The quantitative estimate of drug-likeness (QED) is 0.869. The van der Waals surface area contributed by atoms with E-state index in [0.717, 1.165) is 5.56 Å². The van der Waals surface area contributed by atoms with E-state index in [4.69, 9.17) is 11.6 Å². The van der Waals surface area contributed by atoms with Crippen molar-refractivity contribution in [2.45, 2.75) is 6.92 Å². The molecule has 0 radical (unpaired) electrons. The summed E-state index contributed by atoms with van der Waals surface area (Å²) in [6.45, 7) is 1.71. The van der Waals surface area contributed by atoms with Crippen molar-refractivity contribution in [2.75, 3.05) is 19.0 Å². The van der Waals surface area contributed by atoms with Crippen LogP contribution in [0.25, 0.3) is 0 Å². The van der Waals surface area contributed by atoms with Gasteiger partial charge in [-0.25, -0.2) is 4.79 Å². The van der Waals surface area contributed by atoms with E-state index in [1.54, 1.807) is 18.2 Å². The van der Waals surface area contributed by atoms with Crippen molar-refractivity contribution in [1.82, 2.24) is 5.32 Å². The van der Waals surface area contributed by atoms with E-state index >= 15 is 0 Å². The fraction of sp³-hybridized carbons (Fsp3) is 0.273. The van der Waals surface area contributed by atoms with Crippen LogP contribution in [0.5, 0.6) is 0 Å². The number of ether oxygens (including phenoxy) is 1. The van der Waals surface area contributed by atoms with E-state index in [-0.39, 0.29) is 12.5 Å². The predicted molar refractivity (Wildman–Crippen MR) is 65.2 cm³/mol. The van der Waals surface area contributed by atoms with Crippen molar-refractivity contribution >= 4 is 29.3 Å². The molecule has 0 aliphatic carbocycles. The van der Waals surface area contributed by atoms with Gasteiger partial charge in [0.1, 0.15) is 6.54 Å². The Morgan fingerprint density at radius 2 is 2.12 bits per heavy atom. The van der Waals surface area contributed by atoms with Gasteiger partial charge in [0.25, 0.3) is 0 Å². The molecule has 0 heterocycles. The molecule has 17 heavy (non-hydrogen) atoms. The molecule has 0 fully saturated rings. The number of methoxy groups -OCH3 is 1. The average molecular weight is 257 g/mol. The van der Waals surface area contributed by atoms with E-state index < -0.39 is 6.09 Å². The first kappa shape index (κ1) is 13.3. The zero-order chi connectivity index (χ0) is 12.8. The molecule has 0 bridgehead atoms. The van der Waals surface area contributed by atoms with Crippen molar-refractivity contribution in [1.29, 1.82) is 0 Å². The summed E-state index contributed by atoms with van der Waals surface area (Å²) in [5.41, 5.74) is 1.51. The van der Waals surface area contributed by atoms with Crippen LogP contribution in [-0.2, 0) is 9.53 Å². The van der Waals surface area contributed by atoms with E-state index in [1.165, 1.54) is 7.11 Å². The van der Waals surface area contributed by atoms with Crippen molar-refractivity contribution < 1.29 is 14.3 Å². The van der Waals surface area contributed by atoms with Crippen LogP contribution in [0.3, 0.4) is 0 Å². The second-order valence-corrected chi connectivity index (χ2v) is 3.76. The Kier molecular flexibility index (Phi) is 4.78. The monoisotopic (exact) mass is 256 g/mol. The van der Waals surface area contributed by atoms with Gasteiger partial charge >= 0.3 is 6.09 Å². The highest BCUT2D eigenvalue weighted by Gasteiger charge is 2.06. The van der Waals surface area contributed by atoms with E-state index in [0.29, 0.717) is 10.7 Å². The van der Waals surface area contributed by atoms with Crippen molar-refractivity contribution in [3.05, 3.63) is 28.8 Å². The highest BCUT2D eigenvalue weighted by Crippen LogP contribution is 2.19. The third-order valence-corrected chi connectivity index (χ3v) is 2.44. The molecule has 0 unspecified atom stereocenters. The number of nitrogens with one attached hydrogen (secondary N) is 2. The molecule has 0 saturated carbocycles. The number of rotatable bonds is 3. The molecule has 6 heteroatoms. The van der Waals surface area contributed by atoms with E-state index in [2.05, 4.69) is 15.4 Å². The number of benzene rings is 1. The fourth-order valence-electron chi connectivity index (χ4n) is 1.10. The molecule has 0 aromatic heterocycles. The lowest BCUT2D eigenvalue weighted by molar-refractivity contribution is -0.115. The van der Waals surface area contributed by atoms with Crippen LogP contribution in [0.1, 0.15) is 5.56 Å². The molecule has 0 saturated heterocycles. The van der Waals surface area contributed by atoms with Gasteiger partial charge in [0.15, 0.2) is 0 Å². The Morgan fingerprint density at radius 1 is 1.41 bits per heavy atom. The lowest BCUT2D eigenvalue weighted by Crippen LogP contribution is -2.32. The summed E-state index contributed by atoms with van der Waals surface area (Å²) in [6, 6.07) is 5.18. The lowest BCUT2D eigenvalue weighted by Gasteiger charge is -2.07. The van der Waals surface area contributed by atoms with Gasteiger partial charge in [-0.05, 0) is 24.6 Å². The zero-order valence-corrected chi connectivity index (χ0v) is 10.3. The number of hydrogen-bond donors (Lipinski definition) is 2. The topological polar surface area (TPSA) is 67.4 Å². The van der Waals surface area contributed by atoms with E-state index in [9.17, 15) is 9.59 Å². The van der Waals surface area contributed by atoms with E-state index in [1.807, 2.05) is 6.92 Å². The minimum absolute atomic E-state index is 0.155. The summed E-state index contributed by atoms with van der Waals surface area (Å²) in [6.07, 6.45) is -0.651. The van der Waals surface area contributed by atoms with Crippen LogP contribution in [0.2, 0.25) is 5.02 Å². The van der Waals surface area contributed by atoms with Crippen LogP contribution in [0.4, 0.5) is 10.5 Å². The predicted octanol–water partition coefficient (Wildman–Crippen LogP) is 1.94. The number of aryl methyl sites for hydroxylation is 1. The summed E-state index contributed by atoms with van der Waals surface area (Å²) in [4.78, 5) is 22.1. The fourth-order valence-corrected chi connectivity index (χ4v) is 1.28. The second kappa shape index (κ2) is 6.10. The number of carbonyl (C=O) groups is 2. The standard InChI is InChI=1S/C11H13ClN2O3/c1-7-3-4-8(5-9(7)12)14-10(15)6-13-11(16)17-2/h3-5H,6H2,1-2H3,(H,13,16)(H,14,15). The number of amides is 2. The Labute approximate surface area is 104 Å². The van der Waals surface area contributed by atoms with Crippen molar-refractivity contribution in [3.8, 4) is 0 Å². The van der Waals surface area contributed by atoms with Gasteiger partial charge in [0.05, 0.1) is 7.11 Å². The van der Waals surface area contributed by atoms with Gasteiger partial charge in [0, 0.05) is 10.7 Å². The van der Waals surface area contributed by atoms with Crippen LogP contribution >= 0.6 is 11.6 Å². The molecular formula is C11H13ClN2O3. The molecular weight excluding hydrogens is 244 g/mol. The third kappa shape index (κ3) is 4.32. The molecule has 1 aromatic carbocycles. The molecule has 1 aromatic rings. The van der Waals surface area contributed by atoms with Gasteiger partial charge in [-0.1, -0.05) is 17.7 Å². The van der Waals surface area contributed by atoms with Crippen LogP contribution < -0.4 is 10.6 Å².